The second kappa shape index (κ2) is 5.68. The van der Waals surface area contributed by atoms with Crippen LogP contribution in [0, 0.1) is 0 Å². The van der Waals surface area contributed by atoms with Gasteiger partial charge in [-0.05, 0) is 24.3 Å². The summed E-state index contributed by atoms with van der Waals surface area (Å²) in [5.74, 6) is -2.28. The first-order valence-corrected chi connectivity index (χ1v) is 7.22. The Morgan fingerprint density at radius 3 is 2.32 bits per heavy atom. The SMILES string of the molecule is O=C(ON1C(=O)c2ccccc2C1=O)c1coc(-c2ccccn2)n1. The van der Waals surface area contributed by atoms with Gasteiger partial charge in [0, 0.05) is 6.20 Å². The molecule has 8 nitrogen and oxygen atoms in total. The van der Waals surface area contributed by atoms with Crippen LogP contribution in [0.5, 0.6) is 0 Å². The topological polar surface area (TPSA) is 103 Å². The summed E-state index contributed by atoms with van der Waals surface area (Å²) in [6.07, 6.45) is 2.63. The summed E-state index contributed by atoms with van der Waals surface area (Å²) in [5, 5.41) is 0.419. The van der Waals surface area contributed by atoms with Gasteiger partial charge in [0.25, 0.3) is 11.8 Å². The summed E-state index contributed by atoms with van der Waals surface area (Å²) < 4.78 is 5.19. The van der Waals surface area contributed by atoms with Crippen LogP contribution in [0.3, 0.4) is 0 Å². The van der Waals surface area contributed by atoms with E-state index in [1.165, 1.54) is 12.1 Å². The largest absolute Gasteiger partial charge is 0.442 e. The standard InChI is InChI=1S/C17H9N3O5/c21-15-10-5-1-2-6-11(10)16(22)20(15)25-17(23)13-9-24-14(19-13)12-7-3-4-8-18-12/h1-9H. The van der Waals surface area contributed by atoms with Crippen LogP contribution in [0.4, 0.5) is 0 Å². The lowest BCUT2D eigenvalue weighted by Crippen LogP contribution is -2.32. The predicted molar refractivity (Wildman–Crippen MR) is 82.1 cm³/mol. The Morgan fingerprint density at radius 2 is 1.68 bits per heavy atom. The quantitative estimate of drug-likeness (QED) is 0.675. The fraction of sp³-hybridized carbons (Fsp3) is 0. The third-order valence-electron chi connectivity index (χ3n) is 3.53. The Morgan fingerprint density at radius 1 is 1.00 bits per heavy atom. The minimum Gasteiger partial charge on any atom is -0.442 e. The molecule has 0 fully saturated rings. The molecule has 3 heterocycles. The van der Waals surface area contributed by atoms with Crippen LogP contribution in [0.1, 0.15) is 31.2 Å². The van der Waals surface area contributed by atoms with E-state index in [4.69, 9.17) is 9.25 Å². The molecule has 25 heavy (non-hydrogen) atoms. The van der Waals surface area contributed by atoms with Crippen molar-refractivity contribution in [2.24, 2.45) is 0 Å². The molecule has 0 bridgehead atoms. The Hall–Kier alpha value is -3.81. The van der Waals surface area contributed by atoms with Gasteiger partial charge in [-0.3, -0.25) is 14.6 Å². The van der Waals surface area contributed by atoms with Crippen molar-refractivity contribution in [3.05, 3.63) is 71.7 Å². The van der Waals surface area contributed by atoms with Crippen LogP contribution in [-0.4, -0.2) is 32.8 Å². The highest BCUT2D eigenvalue weighted by atomic mass is 16.7. The zero-order valence-electron chi connectivity index (χ0n) is 12.6. The molecule has 8 heteroatoms. The lowest BCUT2D eigenvalue weighted by molar-refractivity contribution is -0.0588. The second-order valence-electron chi connectivity index (χ2n) is 5.08. The third kappa shape index (κ3) is 2.45. The van der Waals surface area contributed by atoms with Gasteiger partial charge in [0.05, 0.1) is 11.1 Å². The minimum atomic E-state index is -0.986. The van der Waals surface area contributed by atoms with Gasteiger partial charge in [-0.2, -0.15) is 0 Å². The fourth-order valence-electron chi connectivity index (χ4n) is 2.35. The number of amides is 2. The molecule has 4 rings (SSSR count). The molecule has 0 saturated carbocycles. The van der Waals surface area contributed by atoms with E-state index >= 15 is 0 Å². The monoisotopic (exact) mass is 335 g/mol. The van der Waals surface area contributed by atoms with Crippen molar-refractivity contribution in [2.45, 2.75) is 0 Å². The smallest absolute Gasteiger partial charge is 0.385 e. The molecule has 0 radical (unpaired) electrons. The van der Waals surface area contributed by atoms with E-state index in [0.717, 1.165) is 6.26 Å². The molecule has 0 unspecified atom stereocenters. The zero-order valence-corrected chi connectivity index (χ0v) is 12.6. The predicted octanol–water partition coefficient (Wildman–Crippen LogP) is 2.10. The first kappa shape index (κ1) is 14.8. The van der Waals surface area contributed by atoms with Crippen molar-refractivity contribution in [1.82, 2.24) is 15.0 Å². The highest BCUT2D eigenvalue weighted by molar-refractivity contribution is 6.21. The van der Waals surface area contributed by atoms with Gasteiger partial charge < -0.3 is 9.25 Å². The number of carbonyl (C=O) groups excluding carboxylic acids is 3. The second-order valence-corrected chi connectivity index (χ2v) is 5.08. The van der Waals surface area contributed by atoms with Crippen LogP contribution in [0.2, 0.25) is 0 Å². The molecule has 0 aliphatic carbocycles. The average Bonchev–Trinajstić information content (AvgIpc) is 3.23. The van der Waals surface area contributed by atoms with Crippen molar-refractivity contribution in [1.29, 1.82) is 0 Å². The average molecular weight is 335 g/mol. The number of pyridine rings is 1. The van der Waals surface area contributed by atoms with E-state index in [1.807, 2.05) is 0 Å². The van der Waals surface area contributed by atoms with E-state index in [-0.39, 0.29) is 22.7 Å². The maximum Gasteiger partial charge on any atom is 0.385 e. The van der Waals surface area contributed by atoms with E-state index in [1.54, 1.807) is 36.5 Å². The van der Waals surface area contributed by atoms with Gasteiger partial charge in [-0.15, -0.1) is 0 Å². The first-order valence-electron chi connectivity index (χ1n) is 7.22. The molecule has 0 N–H and O–H groups in total. The fourth-order valence-corrected chi connectivity index (χ4v) is 2.35. The van der Waals surface area contributed by atoms with Crippen molar-refractivity contribution in [2.75, 3.05) is 0 Å². The molecule has 1 aliphatic heterocycles. The van der Waals surface area contributed by atoms with Crippen molar-refractivity contribution >= 4 is 17.8 Å². The Balaban J connectivity index is 1.55. The van der Waals surface area contributed by atoms with E-state index in [2.05, 4.69) is 9.97 Å². The van der Waals surface area contributed by atoms with Gasteiger partial charge in [0.15, 0.2) is 5.69 Å². The third-order valence-corrected chi connectivity index (χ3v) is 3.53. The summed E-state index contributed by atoms with van der Waals surface area (Å²) >= 11 is 0. The summed E-state index contributed by atoms with van der Waals surface area (Å²) in [6.45, 7) is 0. The summed E-state index contributed by atoms with van der Waals surface area (Å²) in [4.78, 5) is 49.4. The molecular formula is C17H9N3O5. The zero-order chi connectivity index (χ0) is 17.4. The summed E-state index contributed by atoms with van der Waals surface area (Å²) in [6, 6.07) is 11.3. The highest BCUT2D eigenvalue weighted by Crippen LogP contribution is 2.23. The first-order chi connectivity index (χ1) is 12.1. The van der Waals surface area contributed by atoms with E-state index < -0.39 is 17.8 Å². The van der Waals surface area contributed by atoms with Gasteiger partial charge in [0.1, 0.15) is 12.0 Å². The van der Waals surface area contributed by atoms with Gasteiger partial charge in [0.2, 0.25) is 5.89 Å². The Bertz CT molecular complexity index is 961. The minimum absolute atomic E-state index is 0.120. The molecule has 2 amide bonds. The highest BCUT2D eigenvalue weighted by Gasteiger charge is 2.39. The number of hydrogen-bond acceptors (Lipinski definition) is 7. The molecular weight excluding hydrogens is 326 g/mol. The summed E-state index contributed by atoms with van der Waals surface area (Å²) in [5.41, 5.74) is 0.601. The van der Waals surface area contributed by atoms with Crippen molar-refractivity contribution in [3.63, 3.8) is 0 Å². The molecule has 122 valence electrons. The van der Waals surface area contributed by atoms with Gasteiger partial charge in [-0.1, -0.05) is 23.3 Å². The van der Waals surface area contributed by atoms with Crippen molar-refractivity contribution in [3.8, 4) is 11.6 Å². The van der Waals surface area contributed by atoms with Crippen LogP contribution < -0.4 is 0 Å². The molecule has 1 aromatic carbocycles. The number of nitrogens with zero attached hydrogens (tertiary/aromatic N) is 3. The molecule has 1 aliphatic rings. The Labute approximate surface area is 140 Å². The summed E-state index contributed by atoms with van der Waals surface area (Å²) in [7, 11) is 0. The maximum atomic E-state index is 12.2. The molecule has 0 atom stereocenters. The number of oxazole rings is 1. The lowest BCUT2D eigenvalue weighted by Gasteiger charge is -2.11. The maximum absolute atomic E-state index is 12.2. The number of hydroxylamine groups is 2. The normalized spacial score (nSPS) is 13.0. The number of benzene rings is 1. The van der Waals surface area contributed by atoms with Crippen LogP contribution in [0.25, 0.3) is 11.6 Å². The van der Waals surface area contributed by atoms with Crippen molar-refractivity contribution < 1.29 is 23.6 Å². The molecule has 0 saturated heterocycles. The number of imide groups is 1. The van der Waals surface area contributed by atoms with Gasteiger partial charge in [-0.25, -0.2) is 9.78 Å². The lowest BCUT2D eigenvalue weighted by atomic mass is 10.1. The van der Waals surface area contributed by atoms with Crippen LogP contribution in [-0.2, 0) is 4.84 Å². The van der Waals surface area contributed by atoms with Gasteiger partial charge >= 0.3 is 5.97 Å². The number of hydrogen-bond donors (Lipinski definition) is 0. The van der Waals surface area contributed by atoms with Crippen LogP contribution in [0.15, 0.2) is 59.3 Å². The van der Waals surface area contributed by atoms with E-state index in [0.29, 0.717) is 10.8 Å². The van der Waals surface area contributed by atoms with Crippen LogP contribution >= 0.6 is 0 Å². The number of carbonyl (C=O) groups is 3. The molecule has 0 spiro atoms. The molecule has 2 aromatic heterocycles. The Kier molecular flexibility index (Phi) is 3.35. The number of fused-ring (bicyclic) bond motifs is 1. The molecule has 3 aromatic rings. The van der Waals surface area contributed by atoms with E-state index in [9.17, 15) is 14.4 Å². The number of rotatable bonds is 3. The number of aromatic nitrogens is 2.